The van der Waals surface area contributed by atoms with Crippen molar-refractivity contribution in [1.29, 1.82) is 0 Å². The van der Waals surface area contributed by atoms with Crippen LogP contribution in [0.3, 0.4) is 0 Å². The van der Waals surface area contributed by atoms with Crippen molar-refractivity contribution < 1.29 is 42.6 Å². The first kappa shape index (κ1) is 26.5. The lowest BCUT2D eigenvalue weighted by molar-refractivity contribution is -0.150. The van der Waals surface area contributed by atoms with Gasteiger partial charge in [0, 0.05) is 30.3 Å². The Morgan fingerprint density at radius 2 is 1.78 bits per heavy atom. The molecule has 0 saturated heterocycles. The molecule has 0 saturated carbocycles. The molecular weight excluding hydrogens is 496 g/mol. The monoisotopic (exact) mass is 518 g/mol. The Morgan fingerprint density at radius 3 is 2.42 bits per heavy atom. The first-order valence-corrected chi connectivity index (χ1v) is 11.1. The highest BCUT2D eigenvalue weighted by molar-refractivity contribution is 6.20. The largest absolute Gasteiger partial charge is 0.461 e. The molecule has 11 nitrogen and oxygen atoms in total. The third kappa shape index (κ3) is 6.30. The summed E-state index contributed by atoms with van der Waals surface area (Å²) in [6.45, 7) is 5.19. The second-order valence-electron chi connectivity index (χ2n) is 7.75. The summed E-state index contributed by atoms with van der Waals surface area (Å²) in [6, 6.07) is 5.79. The van der Waals surface area contributed by atoms with Gasteiger partial charge in [0.1, 0.15) is 12.3 Å². The van der Waals surface area contributed by atoms with Crippen molar-refractivity contribution in [2.24, 2.45) is 0 Å². The van der Waals surface area contributed by atoms with Crippen molar-refractivity contribution in [3.63, 3.8) is 0 Å². The van der Waals surface area contributed by atoms with Gasteiger partial charge in [0.2, 0.25) is 5.78 Å². The number of nitrogens with one attached hydrogen (secondary N) is 2. The van der Waals surface area contributed by atoms with Crippen molar-refractivity contribution in [1.82, 2.24) is 4.98 Å². The first-order chi connectivity index (χ1) is 17.0. The molecule has 2 heterocycles. The summed E-state index contributed by atoms with van der Waals surface area (Å²) in [6.07, 6.45) is 0.121. The third-order valence-electron chi connectivity index (χ3n) is 4.81. The molecule has 0 aliphatic heterocycles. The van der Waals surface area contributed by atoms with Crippen molar-refractivity contribution in [3.05, 3.63) is 53.1 Å². The average Bonchev–Trinajstić information content (AvgIpc) is 3.41. The summed E-state index contributed by atoms with van der Waals surface area (Å²) in [4.78, 5) is 63.4. The van der Waals surface area contributed by atoms with E-state index in [1.54, 1.807) is 0 Å². The van der Waals surface area contributed by atoms with Crippen molar-refractivity contribution in [2.75, 3.05) is 5.32 Å². The maximum Gasteiger partial charge on any atom is 0.339 e. The number of H-pyrrole nitrogens is 1. The average molecular weight is 519 g/mol. The number of carbonyl (C=O) groups is 5. The Labute approximate surface area is 210 Å². The van der Waals surface area contributed by atoms with E-state index in [2.05, 4.69) is 10.3 Å². The summed E-state index contributed by atoms with van der Waals surface area (Å²) in [5, 5.41) is 2.99. The van der Waals surface area contributed by atoms with Crippen LogP contribution in [0.4, 0.5) is 5.69 Å². The molecule has 1 aromatic carbocycles. The van der Waals surface area contributed by atoms with E-state index < -0.39 is 41.3 Å². The number of carbonyl (C=O) groups excluding carboxylic acids is 5. The number of ketones is 1. The minimum Gasteiger partial charge on any atom is -0.461 e. The molecule has 0 aliphatic rings. The maximum atomic E-state index is 13.3. The van der Waals surface area contributed by atoms with E-state index in [1.165, 1.54) is 51.3 Å². The molecular formula is C24H23ClN2O9. The van der Waals surface area contributed by atoms with Crippen molar-refractivity contribution in [2.45, 2.75) is 46.0 Å². The summed E-state index contributed by atoms with van der Waals surface area (Å²) >= 11 is 5.73. The van der Waals surface area contributed by atoms with E-state index in [-0.39, 0.29) is 29.3 Å². The molecule has 0 fully saturated rings. The standard InChI is InChI=1S/C24H23ClN2O9/c1-11(35-14(4)29)23(31)27-20-17-6-5-16(24(32)36-12(2)25)8-18(17)26-21(20)22(30)19-7-15(10-34-19)9-33-13(3)28/h5-8,10-12,26H,9H2,1-4H3,(H,27,31)/t11-,12?/m0/s1. The molecule has 2 N–H and O–H groups in total. The predicted octanol–water partition coefficient (Wildman–Crippen LogP) is 3.69. The smallest absolute Gasteiger partial charge is 0.339 e. The zero-order chi connectivity index (χ0) is 26.6. The van der Waals surface area contributed by atoms with E-state index in [0.29, 0.717) is 16.5 Å². The number of aromatic nitrogens is 1. The first-order valence-electron chi connectivity index (χ1n) is 10.7. The van der Waals surface area contributed by atoms with Gasteiger partial charge in [-0.25, -0.2) is 4.79 Å². The molecule has 3 rings (SSSR count). The number of amides is 1. The lowest BCUT2D eigenvalue weighted by Gasteiger charge is -2.12. The molecule has 1 amide bonds. The van der Waals surface area contributed by atoms with E-state index >= 15 is 0 Å². The molecule has 0 radical (unpaired) electrons. The van der Waals surface area contributed by atoms with Gasteiger partial charge < -0.3 is 28.9 Å². The van der Waals surface area contributed by atoms with E-state index in [0.717, 1.165) is 6.92 Å². The lowest BCUT2D eigenvalue weighted by atomic mass is 10.1. The number of rotatable bonds is 9. The molecule has 190 valence electrons. The number of ether oxygens (including phenoxy) is 3. The molecule has 1 unspecified atom stereocenters. The second-order valence-corrected chi connectivity index (χ2v) is 8.37. The van der Waals surface area contributed by atoms with Crippen LogP contribution < -0.4 is 5.32 Å². The number of alkyl halides is 1. The van der Waals surface area contributed by atoms with Gasteiger partial charge in [-0.1, -0.05) is 11.6 Å². The number of hydrogen-bond donors (Lipinski definition) is 2. The van der Waals surface area contributed by atoms with Crippen LogP contribution in [0.25, 0.3) is 10.9 Å². The zero-order valence-corrected chi connectivity index (χ0v) is 20.6. The molecule has 2 atom stereocenters. The van der Waals surface area contributed by atoms with Gasteiger partial charge >= 0.3 is 17.9 Å². The highest BCUT2D eigenvalue weighted by Crippen LogP contribution is 2.31. The van der Waals surface area contributed by atoms with Gasteiger partial charge in [-0.15, -0.1) is 0 Å². The van der Waals surface area contributed by atoms with Gasteiger partial charge in [0.15, 0.2) is 17.4 Å². The minimum absolute atomic E-state index is 0.0574. The van der Waals surface area contributed by atoms with Crippen LogP contribution in [0, 0.1) is 0 Å². The Kier molecular flexibility index (Phi) is 8.15. The quantitative estimate of drug-likeness (QED) is 0.187. The number of fused-ring (bicyclic) bond motifs is 1. The van der Waals surface area contributed by atoms with Gasteiger partial charge in [0.05, 0.1) is 17.5 Å². The van der Waals surface area contributed by atoms with Crippen LogP contribution in [-0.4, -0.2) is 46.2 Å². The summed E-state index contributed by atoms with van der Waals surface area (Å²) in [5.41, 5.74) is 0.103. The number of hydrogen-bond acceptors (Lipinski definition) is 9. The topological polar surface area (TPSA) is 154 Å². The van der Waals surface area contributed by atoms with Crippen molar-refractivity contribution >= 4 is 57.8 Å². The highest BCUT2D eigenvalue weighted by Gasteiger charge is 2.26. The van der Waals surface area contributed by atoms with Crippen LogP contribution in [-0.2, 0) is 35.2 Å². The predicted molar refractivity (Wildman–Crippen MR) is 126 cm³/mol. The van der Waals surface area contributed by atoms with Crippen LogP contribution >= 0.6 is 11.6 Å². The Morgan fingerprint density at radius 1 is 1.06 bits per heavy atom. The number of anilines is 1. The zero-order valence-electron chi connectivity index (χ0n) is 19.8. The molecule has 36 heavy (non-hydrogen) atoms. The molecule has 3 aromatic rings. The van der Waals surface area contributed by atoms with Crippen LogP contribution in [0.2, 0.25) is 0 Å². The lowest BCUT2D eigenvalue weighted by Crippen LogP contribution is -2.29. The fraction of sp³-hybridized carbons (Fsp3) is 0.292. The third-order valence-corrected chi connectivity index (χ3v) is 4.90. The van der Waals surface area contributed by atoms with Crippen LogP contribution in [0.1, 0.15) is 59.9 Å². The number of halogens is 1. The van der Waals surface area contributed by atoms with E-state index in [4.69, 9.17) is 30.2 Å². The van der Waals surface area contributed by atoms with Crippen LogP contribution in [0.5, 0.6) is 0 Å². The molecule has 0 bridgehead atoms. The number of esters is 3. The maximum absolute atomic E-state index is 13.3. The summed E-state index contributed by atoms with van der Waals surface area (Å²) < 4.78 is 20.2. The fourth-order valence-electron chi connectivity index (χ4n) is 3.25. The van der Waals surface area contributed by atoms with Gasteiger partial charge in [-0.3, -0.25) is 19.2 Å². The number of aromatic amines is 1. The fourth-order valence-corrected chi connectivity index (χ4v) is 3.33. The molecule has 2 aromatic heterocycles. The Bertz CT molecular complexity index is 1340. The molecule has 12 heteroatoms. The Balaban J connectivity index is 2.02. The van der Waals surface area contributed by atoms with Gasteiger partial charge in [-0.2, -0.15) is 0 Å². The Hall–Kier alpha value is -4.12. The highest BCUT2D eigenvalue weighted by atomic mass is 35.5. The number of benzene rings is 1. The van der Waals surface area contributed by atoms with E-state index in [1.807, 2.05) is 0 Å². The normalized spacial score (nSPS) is 12.5. The number of furan rings is 1. The van der Waals surface area contributed by atoms with E-state index in [9.17, 15) is 24.0 Å². The summed E-state index contributed by atoms with van der Waals surface area (Å²) in [5.74, 6) is -3.24. The van der Waals surface area contributed by atoms with Crippen molar-refractivity contribution in [3.8, 4) is 0 Å². The summed E-state index contributed by atoms with van der Waals surface area (Å²) in [7, 11) is 0. The minimum atomic E-state index is -1.14. The van der Waals surface area contributed by atoms with Crippen LogP contribution in [0.15, 0.2) is 34.9 Å². The molecule has 0 spiro atoms. The SMILES string of the molecule is CC(=O)OCc1coc(C(=O)c2[nH]c3cc(C(=O)OC(C)Cl)ccc3c2NC(=O)[C@H](C)OC(C)=O)c1. The molecule has 0 aliphatic carbocycles. The second kappa shape index (κ2) is 11.1. The van der Waals surface area contributed by atoms with Gasteiger partial charge in [-0.05, 0) is 38.1 Å². The van der Waals surface area contributed by atoms with Gasteiger partial charge in [0.25, 0.3) is 5.91 Å².